The molecule has 0 unspecified atom stereocenters. The number of aryl methyl sites for hydroxylation is 1. The zero-order valence-electron chi connectivity index (χ0n) is 10.3. The third-order valence-corrected chi connectivity index (χ3v) is 3.30. The van der Waals surface area contributed by atoms with Crippen molar-refractivity contribution in [2.75, 3.05) is 11.9 Å². The Labute approximate surface area is 117 Å². The number of benzene rings is 1. The van der Waals surface area contributed by atoms with E-state index in [-0.39, 0.29) is 0 Å². The minimum absolute atomic E-state index is 0.418. The fourth-order valence-corrected chi connectivity index (χ4v) is 2.19. The highest BCUT2D eigenvalue weighted by Crippen LogP contribution is 2.22. The molecule has 0 bridgehead atoms. The van der Waals surface area contributed by atoms with Crippen LogP contribution in [0.1, 0.15) is 11.1 Å². The second kappa shape index (κ2) is 5.59. The Balaban J connectivity index is 2.18. The normalized spacial score (nSPS) is 10.4. The third kappa shape index (κ3) is 3.15. The summed E-state index contributed by atoms with van der Waals surface area (Å²) in [7, 11) is 2.03. The molecule has 2 nitrogen and oxygen atoms in total. The van der Waals surface area contributed by atoms with Gasteiger partial charge in [-0.1, -0.05) is 35.3 Å². The van der Waals surface area contributed by atoms with Gasteiger partial charge in [-0.2, -0.15) is 0 Å². The van der Waals surface area contributed by atoms with Gasteiger partial charge < -0.3 is 4.90 Å². The largest absolute Gasteiger partial charge is 0.370 e. The first-order chi connectivity index (χ1) is 8.56. The molecule has 1 heterocycles. The highest BCUT2D eigenvalue weighted by molar-refractivity contribution is 6.34. The summed E-state index contributed by atoms with van der Waals surface area (Å²) in [6, 6.07) is 10.0. The summed E-state index contributed by atoms with van der Waals surface area (Å²) in [4.78, 5) is 6.19. The third-order valence-electron chi connectivity index (χ3n) is 2.75. The molecule has 94 valence electrons. The molecule has 0 fully saturated rings. The molecule has 1 aromatic heterocycles. The quantitative estimate of drug-likeness (QED) is 0.778. The standard InChI is InChI=1S/C14H14Cl2N2/c1-10-4-3-5-12(6-10)18(2)9-11-8-17-14(16)7-13(11)15/h3-8H,9H2,1-2H3. The van der Waals surface area contributed by atoms with Gasteiger partial charge in [-0.3, -0.25) is 0 Å². The zero-order valence-corrected chi connectivity index (χ0v) is 11.8. The lowest BCUT2D eigenvalue weighted by atomic mass is 10.2. The Hall–Kier alpha value is -1.25. The van der Waals surface area contributed by atoms with Crippen molar-refractivity contribution in [1.29, 1.82) is 0 Å². The smallest absolute Gasteiger partial charge is 0.130 e. The molecule has 0 spiro atoms. The van der Waals surface area contributed by atoms with Gasteiger partial charge in [0, 0.05) is 31.0 Å². The highest BCUT2D eigenvalue weighted by atomic mass is 35.5. The minimum atomic E-state index is 0.418. The second-order valence-electron chi connectivity index (χ2n) is 4.29. The van der Waals surface area contributed by atoms with E-state index >= 15 is 0 Å². The number of rotatable bonds is 3. The number of pyridine rings is 1. The van der Waals surface area contributed by atoms with Crippen molar-refractivity contribution in [3.63, 3.8) is 0 Å². The Morgan fingerprint density at radius 3 is 2.67 bits per heavy atom. The molecule has 1 aromatic carbocycles. The van der Waals surface area contributed by atoms with E-state index in [1.54, 1.807) is 12.3 Å². The van der Waals surface area contributed by atoms with Crippen LogP contribution < -0.4 is 4.90 Å². The zero-order chi connectivity index (χ0) is 13.1. The van der Waals surface area contributed by atoms with Crippen molar-refractivity contribution < 1.29 is 0 Å². The van der Waals surface area contributed by atoms with E-state index in [2.05, 4.69) is 35.0 Å². The maximum absolute atomic E-state index is 6.14. The molecule has 0 saturated heterocycles. The van der Waals surface area contributed by atoms with E-state index in [4.69, 9.17) is 23.2 Å². The summed E-state index contributed by atoms with van der Waals surface area (Å²) < 4.78 is 0. The van der Waals surface area contributed by atoms with Gasteiger partial charge in [-0.15, -0.1) is 0 Å². The summed E-state index contributed by atoms with van der Waals surface area (Å²) in [5.41, 5.74) is 3.35. The number of aromatic nitrogens is 1. The second-order valence-corrected chi connectivity index (χ2v) is 5.09. The maximum Gasteiger partial charge on any atom is 0.130 e. The average Bonchev–Trinajstić information content (AvgIpc) is 2.32. The van der Waals surface area contributed by atoms with Crippen LogP contribution in [0.15, 0.2) is 36.5 Å². The van der Waals surface area contributed by atoms with Crippen molar-refractivity contribution in [3.8, 4) is 0 Å². The molecule has 18 heavy (non-hydrogen) atoms. The number of anilines is 1. The first-order valence-corrected chi connectivity index (χ1v) is 6.39. The van der Waals surface area contributed by atoms with E-state index < -0.39 is 0 Å². The lowest BCUT2D eigenvalue weighted by Gasteiger charge is -2.20. The van der Waals surface area contributed by atoms with Crippen LogP contribution in [0.2, 0.25) is 10.2 Å². The van der Waals surface area contributed by atoms with Crippen LogP contribution in [0.25, 0.3) is 0 Å². The van der Waals surface area contributed by atoms with Crippen molar-refractivity contribution in [2.24, 2.45) is 0 Å². The summed E-state index contributed by atoms with van der Waals surface area (Å²) >= 11 is 11.9. The number of halogens is 2. The Bertz CT molecular complexity index is 555. The van der Waals surface area contributed by atoms with Crippen LogP contribution >= 0.6 is 23.2 Å². The summed E-state index contributed by atoms with van der Waals surface area (Å²) in [5.74, 6) is 0. The molecule has 0 N–H and O–H groups in total. The van der Waals surface area contributed by atoms with E-state index in [1.807, 2.05) is 13.1 Å². The first-order valence-electron chi connectivity index (χ1n) is 5.64. The Morgan fingerprint density at radius 1 is 1.22 bits per heavy atom. The van der Waals surface area contributed by atoms with Crippen molar-refractivity contribution in [2.45, 2.75) is 13.5 Å². The summed E-state index contributed by atoms with van der Waals surface area (Å²) in [5, 5.41) is 1.07. The van der Waals surface area contributed by atoms with Crippen molar-refractivity contribution in [3.05, 3.63) is 57.8 Å². The Kier molecular flexibility index (Phi) is 4.10. The molecule has 0 aliphatic heterocycles. The predicted octanol–water partition coefficient (Wildman–Crippen LogP) is 4.33. The van der Waals surface area contributed by atoms with Gasteiger partial charge in [0.05, 0.1) is 5.02 Å². The van der Waals surface area contributed by atoms with Gasteiger partial charge in [0.15, 0.2) is 0 Å². The first kappa shape index (κ1) is 13.2. The topological polar surface area (TPSA) is 16.1 Å². The van der Waals surface area contributed by atoms with Crippen molar-refractivity contribution in [1.82, 2.24) is 4.98 Å². The Morgan fingerprint density at radius 2 is 2.00 bits per heavy atom. The highest BCUT2D eigenvalue weighted by Gasteiger charge is 2.07. The number of nitrogens with zero attached hydrogens (tertiary/aromatic N) is 2. The van der Waals surface area contributed by atoms with Crippen LogP contribution in [-0.4, -0.2) is 12.0 Å². The molecule has 4 heteroatoms. The molecule has 0 aliphatic rings. The van der Waals surface area contributed by atoms with E-state index in [1.165, 1.54) is 5.56 Å². The van der Waals surface area contributed by atoms with Gasteiger partial charge in [0.25, 0.3) is 0 Å². The van der Waals surface area contributed by atoms with Crippen LogP contribution in [0.3, 0.4) is 0 Å². The van der Waals surface area contributed by atoms with Gasteiger partial charge in [0.1, 0.15) is 5.15 Å². The molecule has 0 aliphatic carbocycles. The summed E-state index contributed by atoms with van der Waals surface area (Å²) in [6.07, 6.45) is 1.72. The molecule has 2 aromatic rings. The SMILES string of the molecule is Cc1cccc(N(C)Cc2cnc(Cl)cc2Cl)c1. The fraction of sp³-hybridized carbons (Fsp3) is 0.214. The fourth-order valence-electron chi connectivity index (χ4n) is 1.76. The predicted molar refractivity (Wildman–Crippen MR) is 77.5 cm³/mol. The molecule has 0 atom stereocenters. The monoisotopic (exact) mass is 280 g/mol. The molecule has 0 saturated carbocycles. The van der Waals surface area contributed by atoms with E-state index in [0.29, 0.717) is 16.7 Å². The average molecular weight is 281 g/mol. The van der Waals surface area contributed by atoms with Crippen molar-refractivity contribution >= 4 is 28.9 Å². The van der Waals surface area contributed by atoms with Gasteiger partial charge >= 0.3 is 0 Å². The van der Waals surface area contributed by atoms with Gasteiger partial charge in [-0.25, -0.2) is 4.98 Å². The van der Waals surface area contributed by atoms with Crippen LogP contribution in [0, 0.1) is 6.92 Å². The number of hydrogen-bond acceptors (Lipinski definition) is 2. The van der Waals surface area contributed by atoms with Crippen LogP contribution in [0.4, 0.5) is 5.69 Å². The molecular formula is C14H14Cl2N2. The molecule has 0 amide bonds. The van der Waals surface area contributed by atoms with Crippen LogP contribution in [-0.2, 0) is 6.54 Å². The lowest BCUT2D eigenvalue weighted by Crippen LogP contribution is -2.16. The van der Waals surface area contributed by atoms with Gasteiger partial charge in [-0.05, 0) is 30.7 Å². The van der Waals surface area contributed by atoms with E-state index in [0.717, 1.165) is 11.3 Å². The molecule has 2 rings (SSSR count). The number of hydrogen-bond donors (Lipinski definition) is 0. The summed E-state index contributed by atoms with van der Waals surface area (Å²) in [6.45, 7) is 2.78. The van der Waals surface area contributed by atoms with Crippen LogP contribution in [0.5, 0.6) is 0 Å². The van der Waals surface area contributed by atoms with Gasteiger partial charge in [0.2, 0.25) is 0 Å². The lowest BCUT2D eigenvalue weighted by molar-refractivity contribution is 0.914. The van der Waals surface area contributed by atoms with E-state index in [9.17, 15) is 0 Å². The molecular weight excluding hydrogens is 267 g/mol. The minimum Gasteiger partial charge on any atom is -0.370 e. The molecule has 0 radical (unpaired) electrons. The maximum atomic E-state index is 6.14.